The van der Waals surface area contributed by atoms with E-state index in [2.05, 4.69) is 37.6 Å². The summed E-state index contributed by atoms with van der Waals surface area (Å²) in [7, 11) is 1.95. The topological polar surface area (TPSA) is 30.9 Å². The zero-order valence-electron chi connectivity index (χ0n) is 16.2. The Balaban J connectivity index is 1.25. The predicted octanol–water partition coefficient (Wildman–Crippen LogP) is 3.66. The van der Waals surface area contributed by atoms with Gasteiger partial charge in [-0.1, -0.05) is 18.9 Å². The predicted molar refractivity (Wildman–Crippen MR) is 111 cm³/mol. The first kappa shape index (κ1) is 18.3. The van der Waals surface area contributed by atoms with Crippen molar-refractivity contribution >= 4 is 17.3 Å². The van der Waals surface area contributed by atoms with Gasteiger partial charge in [0.15, 0.2) is 5.96 Å². The summed E-state index contributed by atoms with van der Waals surface area (Å²) in [6.45, 7) is 7.10. The zero-order valence-corrected chi connectivity index (χ0v) is 17.0. The van der Waals surface area contributed by atoms with Gasteiger partial charge in [-0.15, -0.1) is 11.3 Å². The molecule has 3 fully saturated rings. The van der Waals surface area contributed by atoms with E-state index in [4.69, 9.17) is 0 Å². The summed E-state index contributed by atoms with van der Waals surface area (Å²) >= 11 is 1.88. The normalized spacial score (nSPS) is 30.4. The standard InChI is InChI=1S/C21H34N4S/c1-22-21(25-14-18-7-2-3-8-19(18)15-25)23-12-17-6-4-10-24(13-17)16-20-9-5-11-26-20/h5,9,11,17-19H,2-4,6-8,10,12-16H2,1H3,(H,22,23). The van der Waals surface area contributed by atoms with Crippen molar-refractivity contribution in [3.05, 3.63) is 22.4 Å². The van der Waals surface area contributed by atoms with Crippen LogP contribution in [0.1, 0.15) is 43.4 Å². The molecule has 0 aromatic carbocycles. The molecule has 2 saturated heterocycles. The van der Waals surface area contributed by atoms with Crippen LogP contribution in [0.15, 0.2) is 22.5 Å². The second-order valence-electron chi connectivity index (χ2n) is 8.46. The van der Waals surface area contributed by atoms with Gasteiger partial charge in [0.1, 0.15) is 0 Å². The van der Waals surface area contributed by atoms with Crippen LogP contribution < -0.4 is 5.32 Å². The van der Waals surface area contributed by atoms with Crippen LogP contribution >= 0.6 is 11.3 Å². The Morgan fingerprint density at radius 3 is 2.65 bits per heavy atom. The number of hydrogen-bond donors (Lipinski definition) is 1. The highest BCUT2D eigenvalue weighted by molar-refractivity contribution is 7.09. The van der Waals surface area contributed by atoms with Crippen molar-refractivity contribution in [1.29, 1.82) is 0 Å². The van der Waals surface area contributed by atoms with Gasteiger partial charge in [0.25, 0.3) is 0 Å². The van der Waals surface area contributed by atoms with Gasteiger partial charge in [-0.2, -0.15) is 0 Å². The van der Waals surface area contributed by atoms with E-state index in [0.29, 0.717) is 0 Å². The number of guanidine groups is 1. The molecule has 3 heterocycles. The molecule has 0 spiro atoms. The van der Waals surface area contributed by atoms with Crippen molar-refractivity contribution in [2.45, 2.75) is 45.1 Å². The lowest BCUT2D eigenvalue weighted by molar-refractivity contribution is 0.169. The third kappa shape index (κ3) is 4.42. The summed E-state index contributed by atoms with van der Waals surface area (Å²) in [5, 5.41) is 5.91. The van der Waals surface area contributed by atoms with Gasteiger partial charge in [-0.05, 0) is 61.4 Å². The molecular weight excluding hydrogens is 340 g/mol. The lowest BCUT2D eigenvalue weighted by Crippen LogP contribution is -2.45. The maximum Gasteiger partial charge on any atom is 0.193 e. The Bertz CT molecular complexity index is 571. The summed E-state index contributed by atoms with van der Waals surface area (Å²) < 4.78 is 0. The minimum Gasteiger partial charge on any atom is -0.356 e. The Hall–Kier alpha value is -1.07. The molecule has 26 heavy (non-hydrogen) atoms. The molecule has 1 aromatic heterocycles. The van der Waals surface area contributed by atoms with Crippen LogP contribution in [0.3, 0.4) is 0 Å². The van der Waals surface area contributed by atoms with Gasteiger partial charge >= 0.3 is 0 Å². The SMILES string of the molecule is CN=C(NCC1CCCN(Cc2cccs2)C1)N1CC2CCCCC2C1. The van der Waals surface area contributed by atoms with Crippen LogP contribution in [0.4, 0.5) is 0 Å². The maximum absolute atomic E-state index is 4.61. The van der Waals surface area contributed by atoms with E-state index in [9.17, 15) is 0 Å². The van der Waals surface area contributed by atoms with Gasteiger partial charge in [0.05, 0.1) is 0 Å². The molecule has 3 atom stereocenters. The quantitative estimate of drug-likeness (QED) is 0.644. The van der Waals surface area contributed by atoms with Crippen LogP contribution in [-0.4, -0.2) is 55.5 Å². The van der Waals surface area contributed by atoms with E-state index in [1.165, 1.54) is 69.6 Å². The second-order valence-corrected chi connectivity index (χ2v) is 9.49. The first-order valence-corrected chi connectivity index (χ1v) is 11.4. The first-order chi connectivity index (χ1) is 12.8. The van der Waals surface area contributed by atoms with Crippen LogP contribution in [0.2, 0.25) is 0 Å². The van der Waals surface area contributed by atoms with E-state index in [1.807, 2.05) is 18.4 Å². The summed E-state index contributed by atoms with van der Waals surface area (Å²) in [6.07, 6.45) is 8.39. The van der Waals surface area contributed by atoms with Gasteiger partial charge < -0.3 is 10.2 Å². The third-order valence-electron chi connectivity index (χ3n) is 6.60. The van der Waals surface area contributed by atoms with Crippen LogP contribution in [0.5, 0.6) is 0 Å². The maximum atomic E-state index is 4.61. The van der Waals surface area contributed by atoms with Crippen molar-refractivity contribution in [2.24, 2.45) is 22.7 Å². The number of rotatable bonds is 4. The molecule has 1 aromatic rings. The van der Waals surface area contributed by atoms with Gasteiger partial charge in [-0.25, -0.2) is 0 Å². The molecule has 1 N–H and O–H groups in total. The number of likely N-dealkylation sites (tertiary alicyclic amines) is 2. The molecular formula is C21H34N4S. The van der Waals surface area contributed by atoms with Gasteiger partial charge in [-0.3, -0.25) is 9.89 Å². The molecule has 0 bridgehead atoms. The van der Waals surface area contributed by atoms with Gasteiger partial charge in [0, 0.05) is 44.6 Å². The minimum absolute atomic E-state index is 0.741. The van der Waals surface area contributed by atoms with Crippen molar-refractivity contribution in [3.63, 3.8) is 0 Å². The highest BCUT2D eigenvalue weighted by atomic mass is 32.1. The molecule has 4 nitrogen and oxygen atoms in total. The number of hydrogen-bond acceptors (Lipinski definition) is 3. The Morgan fingerprint density at radius 2 is 1.96 bits per heavy atom. The molecule has 2 aliphatic heterocycles. The van der Waals surface area contributed by atoms with Crippen molar-refractivity contribution in [2.75, 3.05) is 39.8 Å². The van der Waals surface area contributed by atoms with E-state index in [0.717, 1.165) is 36.8 Å². The molecule has 1 saturated carbocycles. The Labute approximate surface area is 162 Å². The van der Waals surface area contributed by atoms with Crippen molar-refractivity contribution in [1.82, 2.24) is 15.1 Å². The molecule has 3 unspecified atom stereocenters. The number of thiophene rings is 1. The highest BCUT2D eigenvalue weighted by Gasteiger charge is 2.35. The zero-order chi connectivity index (χ0) is 17.8. The Morgan fingerprint density at radius 1 is 1.15 bits per heavy atom. The fourth-order valence-corrected chi connectivity index (χ4v) is 5.98. The first-order valence-electron chi connectivity index (χ1n) is 10.5. The van der Waals surface area contributed by atoms with Crippen molar-refractivity contribution < 1.29 is 0 Å². The average Bonchev–Trinajstić information content (AvgIpc) is 3.32. The smallest absolute Gasteiger partial charge is 0.193 e. The summed E-state index contributed by atoms with van der Waals surface area (Å²) in [6, 6.07) is 4.43. The summed E-state index contributed by atoms with van der Waals surface area (Å²) in [5.74, 6) is 3.72. The monoisotopic (exact) mass is 374 g/mol. The van der Waals surface area contributed by atoms with E-state index >= 15 is 0 Å². The molecule has 3 aliphatic rings. The lowest BCUT2D eigenvalue weighted by Gasteiger charge is -2.33. The Kier molecular flexibility index (Phi) is 6.16. The van der Waals surface area contributed by atoms with Gasteiger partial charge in [0.2, 0.25) is 0 Å². The molecule has 4 rings (SSSR count). The molecule has 144 valence electrons. The number of nitrogens with one attached hydrogen (secondary N) is 1. The third-order valence-corrected chi connectivity index (χ3v) is 7.46. The summed E-state index contributed by atoms with van der Waals surface area (Å²) in [5.41, 5.74) is 0. The lowest BCUT2D eigenvalue weighted by atomic mass is 9.82. The number of piperidine rings is 1. The molecule has 1 aliphatic carbocycles. The molecule has 0 radical (unpaired) electrons. The van der Waals surface area contributed by atoms with E-state index in [1.54, 1.807) is 0 Å². The van der Waals surface area contributed by atoms with Crippen LogP contribution in [0, 0.1) is 17.8 Å². The number of nitrogens with zero attached hydrogens (tertiary/aromatic N) is 3. The van der Waals surface area contributed by atoms with E-state index < -0.39 is 0 Å². The van der Waals surface area contributed by atoms with Crippen LogP contribution in [0.25, 0.3) is 0 Å². The summed E-state index contributed by atoms with van der Waals surface area (Å²) in [4.78, 5) is 11.3. The molecule has 5 heteroatoms. The fourth-order valence-electron chi connectivity index (χ4n) is 5.23. The largest absolute Gasteiger partial charge is 0.356 e. The number of aliphatic imine (C=N–C) groups is 1. The van der Waals surface area contributed by atoms with Crippen LogP contribution in [-0.2, 0) is 6.54 Å². The minimum atomic E-state index is 0.741. The average molecular weight is 375 g/mol. The van der Waals surface area contributed by atoms with Crippen molar-refractivity contribution in [3.8, 4) is 0 Å². The number of fused-ring (bicyclic) bond motifs is 1. The highest BCUT2D eigenvalue weighted by Crippen LogP contribution is 2.36. The fraction of sp³-hybridized carbons (Fsp3) is 0.762. The molecule has 0 amide bonds. The second kappa shape index (κ2) is 8.75. The van der Waals surface area contributed by atoms with E-state index in [-0.39, 0.29) is 0 Å².